The molecule has 1 aliphatic heterocycles. The van der Waals surface area contributed by atoms with Gasteiger partial charge in [-0.05, 0) is 29.2 Å². The van der Waals surface area contributed by atoms with Crippen molar-refractivity contribution in [3.63, 3.8) is 0 Å². The third-order valence-electron chi connectivity index (χ3n) is 7.37. The van der Waals surface area contributed by atoms with Gasteiger partial charge in [-0.2, -0.15) is 0 Å². The molecule has 5 N–H and O–H groups in total. The molecule has 4 bridgehead atoms. The van der Waals surface area contributed by atoms with Gasteiger partial charge in [-0.25, -0.2) is 9.97 Å². The second kappa shape index (κ2) is 15.6. The molecule has 12 nitrogen and oxygen atoms in total. The van der Waals surface area contributed by atoms with Crippen molar-refractivity contribution in [2.45, 2.75) is 38.9 Å². The van der Waals surface area contributed by atoms with Gasteiger partial charge in [0.2, 0.25) is 11.8 Å². The molecule has 14 heteroatoms. The minimum Gasteiger partial charge on any atom is -0.446 e. The van der Waals surface area contributed by atoms with Gasteiger partial charge in [0.25, 0.3) is 17.7 Å². The van der Waals surface area contributed by atoms with Crippen LogP contribution in [0.2, 0.25) is 0 Å². The molecule has 2 atom stereocenters. The molecule has 0 spiro atoms. The number of nitrogens with one attached hydrogen (secondary N) is 3. The Morgan fingerprint density at radius 3 is 2.43 bits per heavy atom. The molecule has 1 aliphatic rings. The van der Waals surface area contributed by atoms with Crippen molar-refractivity contribution in [2.24, 2.45) is 11.7 Å². The summed E-state index contributed by atoms with van der Waals surface area (Å²) in [6.45, 7) is 4.05. The molecule has 242 valence electrons. The maximum atomic E-state index is 13.5. The smallest absolute Gasteiger partial charge is 0.273 e. The van der Waals surface area contributed by atoms with Crippen LogP contribution in [0.1, 0.15) is 79.3 Å². The van der Waals surface area contributed by atoms with E-state index in [0.29, 0.717) is 23.5 Å². The van der Waals surface area contributed by atoms with Crippen LogP contribution < -0.4 is 21.7 Å². The maximum Gasteiger partial charge on any atom is 0.273 e. The molecule has 0 saturated heterocycles. The molecular formula is C32H36ClN7O5S. The Morgan fingerprint density at radius 2 is 1.74 bits per heavy atom. The Bertz CT molecular complexity index is 1660. The summed E-state index contributed by atoms with van der Waals surface area (Å²) in [5, 5.41) is 10.9. The maximum absolute atomic E-state index is 13.5. The first-order chi connectivity index (χ1) is 21.7. The number of amides is 4. The van der Waals surface area contributed by atoms with Crippen LogP contribution >= 0.6 is 23.7 Å². The average molecular weight is 666 g/mol. The highest BCUT2D eigenvalue weighted by atomic mass is 35.5. The van der Waals surface area contributed by atoms with Gasteiger partial charge < -0.3 is 31.0 Å². The zero-order chi connectivity index (χ0) is 31.9. The zero-order valence-electron chi connectivity index (χ0n) is 25.4. The fourth-order valence-electron chi connectivity index (χ4n) is 4.89. The number of carbonyl (C=O) groups is 4. The molecule has 0 aliphatic carbocycles. The van der Waals surface area contributed by atoms with E-state index in [1.54, 1.807) is 29.6 Å². The third kappa shape index (κ3) is 8.36. The summed E-state index contributed by atoms with van der Waals surface area (Å²) < 4.78 is 5.69. The summed E-state index contributed by atoms with van der Waals surface area (Å²) >= 11 is 1.26. The fraction of sp³-hybridized carbons (Fsp3) is 0.312. The summed E-state index contributed by atoms with van der Waals surface area (Å²) in [5.74, 6) is -1.65. The summed E-state index contributed by atoms with van der Waals surface area (Å²) in [4.78, 5) is 63.6. The number of fused-ring (bicyclic) bond motifs is 4. The predicted octanol–water partition coefficient (Wildman–Crippen LogP) is 3.42. The lowest BCUT2D eigenvalue weighted by molar-refractivity contribution is -0.122. The molecule has 2 aromatic carbocycles. The minimum absolute atomic E-state index is 0. The first-order valence-corrected chi connectivity index (χ1v) is 15.5. The summed E-state index contributed by atoms with van der Waals surface area (Å²) in [6.07, 6.45) is 1.59. The molecule has 0 unspecified atom stereocenters. The highest BCUT2D eigenvalue weighted by molar-refractivity contribution is 7.09. The lowest BCUT2D eigenvalue weighted by atomic mass is 10.0. The van der Waals surface area contributed by atoms with Gasteiger partial charge >= 0.3 is 0 Å². The Balaban J connectivity index is 0.00000480. The van der Waals surface area contributed by atoms with E-state index in [2.05, 4.69) is 25.9 Å². The standard InChI is InChI=1S/C32H35N7O5S.ClH/c1-19(2)27-31-37-25(18-45-31)29(42)35-23(14-20-6-4-3-5-7-20)30-36-24(17-44-30)28(41)34-12-13-39(16-26(40)38-27)32(43)22-10-8-21(15-33)9-11-22;/h3-11,17-19,23,27H,12-16,33H2,1-2H3,(H,34,41)(H,35,42)(H,38,40);1H/t23-,27-;/m0./s1. The fourth-order valence-corrected chi connectivity index (χ4v) is 5.91. The number of nitrogens with two attached hydrogens (primary N) is 1. The van der Waals surface area contributed by atoms with E-state index < -0.39 is 29.8 Å². The van der Waals surface area contributed by atoms with Crippen molar-refractivity contribution in [1.82, 2.24) is 30.8 Å². The molecule has 0 radical (unpaired) electrons. The summed E-state index contributed by atoms with van der Waals surface area (Å²) in [5.41, 5.74) is 8.07. The van der Waals surface area contributed by atoms with Crippen molar-refractivity contribution < 1.29 is 23.6 Å². The van der Waals surface area contributed by atoms with Crippen LogP contribution in [0, 0.1) is 5.92 Å². The molecule has 3 heterocycles. The van der Waals surface area contributed by atoms with E-state index in [0.717, 1.165) is 11.1 Å². The van der Waals surface area contributed by atoms with Gasteiger partial charge in [0.1, 0.15) is 23.0 Å². The Hall–Kier alpha value is -4.59. The molecule has 0 saturated carbocycles. The van der Waals surface area contributed by atoms with Gasteiger partial charge in [-0.3, -0.25) is 19.2 Å². The molecule has 5 rings (SSSR count). The number of hydrogen-bond donors (Lipinski definition) is 4. The summed E-state index contributed by atoms with van der Waals surface area (Å²) in [6, 6.07) is 15.2. The van der Waals surface area contributed by atoms with Crippen LogP contribution in [-0.4, -0.2) is 58.1 Å². The molecule has 0 fully saturated rings. The van der Waals surface area contributed by atoms with Crippen LogP contribution in [0.4, 0.5) is 0 Å². The predicted molar refractivity (Wildman–Crippen MR) is 175 cm³/mol. The van der Waals surface area contributed by atoms with Crippen LogP contribution in [0.5, 0.6) is 0 Å². The van der Waals surface area contributed by atoms with Gasteiger partial charge in [0.05, 0.1) is 12.6 Å². The highest BCUT2D eigenvalue weighted by Crippen LogP contribution is 2.26. The number of nitrogens with zero attached hydrogens (tertiary/aromatic N) is 3. The SMILES string of the molecule is CC(C)[C@@H]1NC(=O)CN(C(=O)c2ccc(CN)cc2)CCNC(=O)c2coc(n2)[C@H](Cc2ccccc2)NC(=O)c2csc1n2.Cl. The van der Waals surface area contributed by atoms with Gasteiger partial charge in [-0.1, -0.05) is 56.3 Å². The van der Waals surface area contributed by atoms with E-state index in [9.17, 15) is 19.2 Å². The average Bonchev–Trinajstić information content (AvgIpc) is 3.74. The van der Waals surface area contributed by atoms with Gasteiger partial charge in [0, 0.05) is 37.0 Å². The second-order valence-corrected chi connectivity index (χ2v) is 11.9. The largest absolute Gasteiger partial charge is 0.446 e. The third-order valence-corrected chi connectivity index (χ3v) is 8.30. The van der Waals surface area contributed by atoms with Crippen LogP contribution in [0.25, 0.3) is 0 Å². The van der Waals surface area contributed by atoms with E-state index in [4.69, 9.17) is 10.2 Å². The topological polar surface area (TPSA) is 173 Å². The number of thiazole rings is 1. The van der Waals surface area contributed by atoms with Crippen molar-refractivity contribution >= 4 is 47.4 Å². The normalized spacial score (nSPS) is 17.7. The zero-order valence-corrected chi connectivity index (χ0v) is 27.0. The Morgan fingerprint density at radius 1 is 1.00 bits per heavy atom. The van der Waals surface area contributed by atoms with Gasteiger partial charge in [0.15, 0.2) is 5.69 Å². The molecule has 46 heavy (non-hydrogen) atoms. The number of halogens is 1. The second-order valence-electron chi connectivity index (χ2n) is 11.0. The minimum atomic E-state index is -0.690. The lowest BCUT2D eigenvalue weighted by Gasteiger charge is -2.25. The van der Waals surface area contributed by atoms with E-state index >= 15 is 0 Å². The Kier molecular flexibility index (Phi) is 11.6. The number of carbonyl (C=O) groups excluding carboxylic acids is 4. The first-order valence-electron chi connectivity index (χ1n) is 14.6. The summed E-state index contributed by atoms with van der Waals surface area (Å²) in [7, 11) is 0. The highest BCUT2D eigenvalue weighted by Gasteiger charge is 2.28. The number of hydrogen-bond acceptors (Lipinski definition) is 9. The molecule has 2 aromatic heterocycles. The van der Waals surface area contributed by atoms with Gasteiger partial charge in [-0.15, -0.1) is 23.7 Å². The van der Waals surface area contributed by atoms with Crippen molar-refractivity contribution in [2.75, 3.05) is 19.6 Å². The monoisotopic (exact) mass is 665 g/mol. The van der Waals surface area contributed by atoms with Crippen LogP contribution in [0.15, 0.2) is 70.7 Å². The van der Waals surface area contributed by atoms with Crippen LogP contribution in [-0.2, 0) is 17.8 Å². The number of aromatic nitrogens is 2. The van der Waals surface area contributed by atoms with E-state index in [1.807, 2.05) is 44.2 Å². The first kappa shape index (κ1) is 34.3. The number of rotatable bonds is 5. The van der Waals surface area contributed by atoms with Crippen molar-refractivity contribution in [3.05, 3.63) is 105 Å². The molecular weight excluding hydrogens is 630 g/mol. The lowest BCUT2D eigenvalue weighted by Crippen LogP contribution is -2.45. The molecule has 4 amide bonds. The van der Waals surface area contributed by atoms with E-state index in [-0.39, 0.29) is 61.1 Å². The van der Waals surface area contributed by atoms with Crippen molar-refractivity contribution in [3.8, 4) is 0 Å². The Labute approximate surface area is 276 Å². The quantitative estimate of drug-likeness (QED) is 0.251. The van der Waals surface area contributed by atoms with Crippen molar-refractivity contribution in [1.29, 1.82) is 0 Å². The molecule has 4 aromatic rings. The van der Waals surface area contributed by atoms with E-state index in [1.165, 1.54) is 22.5 Å². The number of oxazole rings is 1. The van der Waals surface area contributed by atoms with Crippen LogP contribution in [0.3, 0.4) is 0 Å². The number of benzene rings is 2.